The maximum absolute atomic E-state index is 14.9. The quantitative estimate of drug-likeness (QED) is 0.473. The number of sulfone groups is 1. The summed E-state index contributed by atoms with van der Waals surface area (Å²) in [5.74, 6) is -1.36. The molecule has 1 aromatic carbocycles. The number of hydrogen-bond donors (Lipinski definition) is 1. The normalized spacial score (nSPS) is 16.6. The lowest BCUT2D eigenvalue weighted by Gasteiger charge is -2.30. The molecule has 0 amide bonds. The molecule has 3 aromatic rings. The van der Waals surface area contributed by atoms with Crippen molar-refractivity contribution >= 4 is 32.4 Å². The summed E-state index contributed by atoms with van der Waals surface area (Å²) in [6.07, 6.45) is -4.69. The van der Waals surface area contributed by atoms with Gasteiger partial charge >= 0.3 is 11.9 Å². The zero-order valence-electron chi connectivity index (χ0n) is 20.3. The predicted molar refractivity (Wildman–Crippen MR) is 130 cm³/mol. The Kier molecular flexibility index (Phi) is 7.06. The predicted octanol–water partition coefficient (Wildman–Crippen LogP) is 3.29. The molecule has 1 atom stereocenters. The molecule has 0 radical (unpaired) electrons. The molecular weight excluding hydrogens is 518 g/mol. The lowest BCUT2D eigenvalue weighted by molar-refractivity contribution is -0.140. The van der Waals surface area contributed by atoms with E-state index < -0.39 is 39.1 Å². The maximum Gasteiger partial charge on any atom is 0.419 e. The van der Waals surface area contributed by atoms with E-state index in [1.54, 1.807) is 17.9 Å². The average molecular weight is 544 g/mol. The third-order valence-corrected chi connectivity index (χ3v) is 7.93. The van der Waals surface area contributed by atoms with Crippen LogP contribution in [0.2, 0.25) is 0 Å². The molecule has 0 saturated carbocycles. The molecule has 3 heterocycles. The van der Waals surface area contributed by atoms with Gasteiger partial charge in [-0.15, -0.1) is 0 Å². The lowest BCUT2D eigenvalue weighted by Crippen LogP contribution is -2.40. The van der Waals surface area contributed by atoms with Crippen molar-refractivity contribution in [1.29, 1.82) is 0 Å². The Morgan fingerprint density at radius 2 is 1.86 bits per heavy atom. The van der Waals surface area contributed by atoms with Crippen molar-refractivity contribution < 1.29 is 30.7 Å². The third kappa shape index (κ3) is 5.20. The molecule has 0 spiro atoms. The molecule has 37 heavy (non-hydrogen) atoms. The van der Waals surface area contributed by atoms with Gasteiger partial charge < -0.3 is 15.0 Å². The Hall–Kier alpha value is -3.42. The summed E-state index contributed by atoms with van der Waals surface area (Å²) < 4.78 is 85.2. The van der Waals surface area contributed by atoms with Gasteiger partial charge in [0.2, 0.25) is 5.88 Å². The van der Waals surface area contributed by atoms with Crippen molar-refractivity contribution in [3.63, 3.8) is 0 Å². The SMILES string of the molecule is CC[C@@H](Nc1nc(=O)n(C)c2nc(OC)c(N3CCS(=O)(=O)CC3)cc12)c1cccc(C(F)(F)F)c1F. The molecule has 9 nitrogen and oxygen atoms in total. The maximum atomic E-state index is 14.9. The molecule has 0 aliphatic carbocycles. The Morgan fingerprint density at radius 1 is 1.19 bits per heavy atom. The summed E-state index contributed by atoms with van der Waals surface area (Å²) in [5.41, 5.74) is -1.67. The number of hydrogen-bond acceptors (Lipinski definition) is 8. The summed E-state index contributed by atoms with van der Waals surface area (Å²) >= 11 is 0. The van der Waals surface area contributed by atoms with Crippen LogP contribution in [0.1, 0.15) is 30.5 Å². The molecule has 14 heteroatoms. The molecule has 1 saturated heterocycles. The zero-order chi connectivity index (χ0) is 27.1. The summed E-state index contributed by atoms with van der Waals surface area (Å²) in [7, 11) is -0.325. The number of benzene rings is 1. The number of methoxy groups -OCH3 is 1. The van der Waals surface area contributed by atoms with Gasteiger partial charge in [-0.25, -0.2) is 17.6 Å². The minimum absolute atomic E-state index is 0.00259. The minimum atomic E-state index is -4.87. The number of aryl methyl sites for hydroxylation is 1. The second-order valence-electron chi connectivity index (χ2n) is 8.64. The summed E-state index contributed by atoms with van der Waals surface area (Å²) in [5, 5.41) is 3.26. The van der Waals surface area contributed by atoms with Crippen molar-refractivity contribution in [2.45, 2.75) is 25.6 Å². The first-order valence-electron chi connectivity index (χ1n) is 11.4. The van der Waals surface area contributed by atoms with E-state index in [4.69, 9.17) is 4.74 Å². The van der Waals surface area contributed by atoms with Gasteiger partial charge in [0.1, 0.15) is 17.3 Å². The molecule has 0 unspecified atom stereocenters. The van der Waals surface area contributed by atoms with Gasteiger partial charge in [-0.05, 0) is 18.6 Å². The molecular formula is C23H25F4N5O4S. The first kappa shape index (κ1) is 26.6. The number of rotatable bonds is 6. The van der Waals surface area contributed by atoms with Crippen molar-refractivity contribution in [3.05, 3.63) is 51.7 Å². The van der Waals surface area contributed by atoms with E-state index in [0.717, 1.165) is 6.07 Å². The van der Waals surface area contributed by atoms with Crippen molar-refractivity contribution in [2.75, 3.05) is 41.9 Å². The van der Waals surface area contributed by atoms with Gasteiger partial charge in [0.25, 0.3) is 0 Å². The average Bonchev–Trinajstić information content (AvgIpc) is 2.84. The van der Waals surface area contributed by atoms with Crippen LogP contribution in [0.5, 0.6) is 5.88 Å². The smallest absolute Gasteiger partial charge is 0.419 e. The molecule has 4 rings (SSSR count). The van der Waals surface area contributed by atoms with Crippen molar-refractivity contribution in [2.24, 2.45) is 7.05 Å². The van der Waals surface area contributed by atoms with E-state index >= 15 is 0 Å². The summed E-state index contributed by atoms with van der Waals surface area (Å²) in [6.45, 7) is 2.04. The van der Waals surface area contributed by atoms with Crippen LogP contribution in [-0.4, -0.2) is 54.7 Å². The van der Waals surface area contributed by atoms with Crippen LogP contribution in [0.15, 0.2) is 29.1 Å². The van der Waals surface area contributed by atoms with Crippen LogP contribution in [-0.2, 0) is 23.1 Å². The van der Waals surface area contributed by atoms with E-state index in [9.17, 15) is 30.8 Å². The van der Waals surface area contributed by atoms with E-state index in [2.05, 4.69) is 15.3 Å². The van der Waals surface area contributed by atoms with Crippen molar-refractivity contribution in [3.8, 4) is 5.88 Å². The second kappa shape index (κ2) is 9.80. The fraction of sp³-hybridized carbons (Fsp3) is 0.435. The molecule has 200 valence electrons. The highest BCUT2D eigenvalue weighted by atomic mass is 32.2. The fourth-order valence-electron chi connectivity index (χ4n) is 4.27. The van der Waals surface area contributed by atoms with E-state index in [1.165, 1.54) is 24.8 Å². The van der Waals surface area contributed by atoms with Crippen LogP contribution < -0.4 is 20.6 Å². The zero-order valence-corrected chi connectivity index (χ0v) is 21.1. The van der Waals surface area contributed by atoms with Gasteiger partial charge in [0, 0.05) is 25.7 Å². The van der Waals surface area contributed by atoms with E-state index in [0.29, 0.717) is 17.1 Å². The summed E-state index contributed by atoms with van der Waals surface area (Å²) in [4.78, 5) is 22.9. The first-order chi connectivity index (χ1) is 17.4. The number of alkyl halides is 3. The Morgan fingerprint density at radius 3 is 2.46 bits per heavy atom. The fourth-order valence-corrected chi connectivity index (χ4v) is 5.47. The van der Waals surface area contributed by atoms with Crippen LogP contribution in [0, 0.1) is 5.82 Å². The van der Waals surface area contributed by atoms with Crippen LogP contribution in [0.3, 0.4) is 0 Å². The molecule has 0 bridgehead atoms. The van der Waals surface area contributed by atoms with Crippen molar-refractivity contribution in [1.82, 2.24) is 14.5 Å². The highest BCUT2D eigenvalue weighted by Gasteiger charge is 2.36. The molecule has 1 fully saturated rings. The van der Waals surface area contributed by atoms with Gasteiger partial charge in [0.15, 0.2) is 15.5 Å². The number of nitrogens with one attached hydrogen (secondary N) is 1. The Balaban J connectivity index is 1.83. The number of pyridine rings is 1. The van der Waals surface area contributed by atoms with E-state index in [-0.39, 0.29) is 53.9 Å². The molecule has 1 N–H and O–H groups in total. The number of nitrogens with zero attached hydrogens (tertiary/aromatic N) is 4. The van der Waals surface area contributed by atoms with Crippen LogP contribution in [0.25, 0.3) is 11.0 Å². The van der Waals surface area contributed by atoms with Crippen LogP contribution in [0.4, 0.5) is 29.1 Å². The van der Waals surface area contributed by atoms with E-state index in [1.807, 2.05) is 0 Å². The minimum Gasteiger partial charge on any atom is -0.479 e. The Bertz CT molecular complexity index is 1490. The van der Waals surface area contributed by atoms with Gasteiger partial charge in [-0.2, -0.15) is 23.1 Å². The number of halogens is 4. The third-order valence-electron chi connectivity index (χ3n) is 6.32. The number of aromatic nitrogens is 3. The molecule has 1 aliphatic heterocycles. The number of ether oxygens (including phenoxy) is 1. The topological polar surface area (TPSA) is 106 Å². The summed E-state index contributed by atoms with van der Waals surface area (Å²) in [6, 6.07) is 3.71. The first-order valence-corrected chi connectivity index (χ1v) is 13.2. The Labute approximate surface area is 210 Å². The largest absolute Gasteiger partial charge is 0.479 e. The molecule has 1 aliphatic rings. The van der Waals surface area contributed by atoms with Crippen LogP contribution >= 0.6 is 0 Å². The molecule has 2 aromatic heterocycles. The number of anilines is 2. The standard InChI is InChI=1S/C23H25F4N5O4S/c1-4-16(13-6-5-7-15(18(13)24)23(25,26)27)28-19-14-12-17(32-8-10-37(34,35)11-9-32)21(36-3)30-20(14)31(2)22(33)29-19/h5-7,12,16H,4,8-11H2,1-3H3,(H,28,29,33)/t16-/m1/s1. The monoisotopic (exact) mass is 543 g/mol. The highest BCUT2D eigenvalue weighted by molar-refractivity contribution is 7.91. The lowest BCUT2D eigenvalue weighted by atomic mass is 10.0. The van der Waals surface area contributed by atoms with Gasteiger partial charge in [-0.3, -0.25) is 4.57 Å². The highest BCUT2D eigenvalue weighted by Crippen LogP contribution is 2.37. The number of fused-ring (bicyclic) bond motifs is 1. The second-order valence-corrected chi connectivity index (χ2v) is 10.9. The van der Waals surface area contributed by atoms with Gasteiger partial charge in [-0.1, -0.05) is 19.1 Å². The van der Waals surface area contributed by atoms with Gasteiger partial charge in [0.05, 0.1) is 35.6 Å².